The van der Waals surface area contributed by atoms with E-state index in [0.29, 0.717) is 12.1 Å². The van der Waals surface area contributed by atoms with Gasteiger partial charge in [-0.15, -0.1) is 11.7 Å². The second-order valence-electron chi connectivity index (χ2n) is 6.36. The molecule has 6 heteroatoms. The van der Waals surface area contributed by atoms with Crippen LogP contribution in [0.1, 0.15) is 57.9 Å². The molecule has 1 aliphatic rings. The third-order valence-electron chi connectivity index (χ3n) is 4.37. The van der Waals surface area contributed by atoms with Crippen LogP contribution in [-0.4, -0.2) is 62.7 Å². The highest BCUT2D eigenvalue weighted by atomic mass is 15.6. The maximum Gasteiger partial charge on any atom is 0.168 e. The smallest absolute Gasteiger partial charge is 0.168 e. The highest BCUT2D eigenvalue weighted by Gasteiger charge is 2.28. The van der Waals surface area contributed by atoms with Gasteiger partial charge >= 0.3 is 0 Å². The first-order valence-electron chi connectivity index (χ1n) is 8.52. The third-order valence-corrected chi connectivity index (χ3v) is 4.37. The predicted molar refractivity (Wildman–Crippen MR) is 88.7 cm³/mol. The Balaban J connectivity index is 2.09. The molecule has 0 saturated carbocycles. The average Bonchev–Trinajstić information content (AvgIpc) is 2.99. The lowest BCUT2D eigenvalue weighted by Crippen LogP contribution is -2.48. The van der Waals surface area contributed by atoms with Gasteiger partial charge in [-0.25, -0.2) is 4.68 Å². The van der Waals surface area contributed by atoms with Crippen molar-refractivity contribution in [2.45, 2.75) is 52.1 Å². The Morgan fingerprint density at radius 3 is 2.55 bits per heavy atom. The van der Waals surface area contributed by atoms with E-state index < -0.39 is 0 Å². The summed E-state index contributed by atoms with van der Waals surface area (Å²) in [4.78, 5) is 5.01. The molecule has 0 spiro atoms. The summed E-state index contributed by atoms with van der Waals surface area (Å²) in [7, 11) is 0. The minimum absolute atomic E-state index is 0.302. The lowest BCUT2D eigenvalue weighted by Gasteiger charge is -2.38. The van der Waals surface area contributed by atoms with E-state index in [2.05, 4.69) is 52.7 Å². The molecule has 1 fully saturated rings. The highest BCUT2D eigenvalue weighted by Crippen LogP contribution is 2.27. The maximum atomic E-state index is 4.35. The predicted octanol–water partition coefficient (Wildman–Crippen LogP) is 2.29. The number of piperazine rings is 1. The third kappa shape index (κ3) is 4.14. The van der Waals surface area contributed by atoms with Crippen LogP contribution in [-0.2, 0) is 0 Å². The zero-order valence-corrected chi connectivity index (χ0v) is 14.3. The van der Waals surface area contributed by atoms with E-state index in [0.717, 1.165) is 45.0 Å². The van der Waals surface area contributed by atoms with Crippen LogP contribution < -0.4 is 0 Å². The molecule has 2 rings (SSSR count). The van der Waals surface area contributed by atoms with Crippen LogP contribution in [0.15, 0.2) is 12.7 Å². The average molecular weight is 306 g/mol. The molecular formula is C16H30N6. The van der Waals surface area contributed by atoms with Gasteiger partial charge in [-0.2, -0.15) is 0 Å². The lowest BCUT2D eigenvalue weighted by molar-refractivity contribution is 0.0907. The molecule has 1 atom stereocenters. The molecule has 1 aliphatic heterocycles. The first-order chi connectivity index (χ1) is 10.7. The van der Waals surface area contributed by atoms with Crippen LogP contribution in [0.3, 0.4) is 0 Å². The van der Waals surface area contributed by atoms with Crippen molar-refractivity contribution in [1.82, 2.24) is 30.0 Å². The molecule has 124 valence electrons. The summed E-state index contributed by atoms with van der Waals surface area (Å²) in [5.74, 6) is 1.03. The monoisotopic (exact) mass is 306 g/mol. The van der Waals surface area contributed by atoms with Gasteiger partial charge in [-0.1, -0.05) is 25.8 Å². The van der Waals surface area contributed by atoms with Gasteiger partial charge < -0.3 is 0 Å². The van der Waals surface area contributed by atoms with Crippen molar-refractivity contribution in [2.75, 3.05) is 32.7 Å². The molecule has 0 aromatic carbocycles. The van der Waals surface area contributed by atoms with Crippen molar-refractivity contribution in [1.29, 1.82) is 0 Å². The minimum atomic E-state index is 0.302. The number of nitrogens with zero attached hydrogens (tertiary/aromatic N) is 6. The van der Waals surface area contributed by atoms with Crippen molar-refractivity contribution in [3.05, 3.63) is 18.5 Å². The van der Waals surface area contributed by atoms with E-state index in [1.807, 2.05) is 10.8 Å². The number of rotatable bonds is 8. The van der Waals surface area contributed by atoms with E-state index in [9.17, 15) is 0 Å². The van der Waals surface area contributed by atoms with Gasteiger partial charge in [0.1, 0.15) is 0 Å². The fourth-order valence-corrected chi connectivity index (χ4v) is 3.10. The van der Waals surface area contributed by atoms with Crippen LogP contribution in [0.25, 0.3) is 0 Å². The summed E-state index contributed by atoms with van der Waals surface area (Å²) in [5.41, 5.74) is 0. The molecule has 0 amide bonds. The zero-order valence-electron chi connectivity index (χ0n) is 14.3. The van der Waals surface area contributed by atoms with Crippen molar-refractivity contribution in [2.24, 2.45) is 0 Å². The topological polar surface area (TPSA) is 50.1 Å². The van der Waals surface area contributed by atoms with Crippen LogP contribution in [0.2, 0.25) is 0 Å². The molecular weight excluding hydrogens is 276 g/mol. The maximum absolute atomic E-state index is 4.35. The van der Waals surface area contributed by atoms with Gasteiger partial charge in [-0.05, 0) is 30.7 Å². The van der Waals surface area contributed by atoms with Gasteiger partial charge in [0.05, 0.1) is 12.1 Å². The van der Waals surface area contributed by atoms with Crippen molar-refractivity contribution < 1.29 is 0 Å². The summed E-state index contributed by atoms with van der Waals surface area (Å²) in [6.07, 6.45) is 5.53. The van der Waals surface area contributed by atoms with E-state index in [4.69, 9.17) is 0 Å². The molecule has 1 aromatic rings. The number of aromatic nitrogens is 4. The van der Waals surface area contributed by atoms with Crippen molar-refractivity contribution >= 4 is 0 Å². The van der Waals surface area contributed by atoms with Gasteiger partial charge in [-0.3, -0.25) is 9.80 Å². The van der Waals surface area contributed by atoms with E-state index in [1.54, 1.807) is 0 Å². The highest BCUT2D eigenvalue weighted by molar-refractivity contribution is 4.96. The molecule has 0 N–H and O–H groups in total. The molecule has 0 aliphatic carbocycles. The first kappa shape index (κ1) is 17.1. The Kier molecular flexibility index (Phi) is 6.51. The molecule has 1 aromatic heterocycles. The molecule has 22 heavy (non-hydrogen) atoms. The molecule has 1 saturated heterocycles. The van der Waals surface area contributed by atoms with Crippen LogP contribution >= 0.6 is 0 Å². The number of hydrogen-bond acceptors (Lipinski definition) is 5. The SMILES string of the molecule is C=CCN1CCN(C(CCCC)c2nnnn2C(C)C)CC1. The first-order valence-corrected chi connectivity index (χ1v) is 8.52. The van der Waals surface area contributed by atoms with Crippen LogP contribution in [0.5, 0.6) is 0 Å². The largest absolute Gasteiger partial charge is 0.297 e. The summed E-state index contributed by atoms with van der Waals surface area (Å²) in [6.45, 7) is 15.7. The fraction of sp³-hybridized carbons (Fsp3) is 0.812. The van der Waals surface area contributed by atoms with E-state index in [-0.39, 0.29) is 0 Å². The van der Waals surface area contributed by atoms with E-state index >= 15 is 0 Å². The quantitative estimate of drug-likeness (QED) is 0.690. The fourth-order valence-electron chi connectivity index (χ4n) is 3.10. The Morgan fingerprint density at radius 2 is 1.95 bits per heavy atom. The molecule has 0 radical (unpaired) electrons. The Labute approximate surface area is 134 Å². The second kappa shape index (κ2) is 8.39. The number of hydrogen-bond donors (Lipinski definition) is 0. The normalized spacial score (nSPS) is 18.7. The molecule has 0 bridgehead atoms. The Morgan fingerprint density at radius 1 is 1.23 bits per heavy atom. The van der Waals surface area contributed by atoms with Crippen molar-refractivity contribution in [3.8, 4) is 0 Å². The lowest BCUT2D eigenvalue weighted by atomic mass is 10.1. The van der Waals surface area contributed by atoms with Crippen LogP contribution in [0, 0.1) is 0 Å². The van der Waals surface area contributed by atoms with Gasteiger partial charge in [0.2, 0.25) is 0 Å². The molecule has 6 nitrogen and oxygen atoms in total. The number of unbranched alkanes of at least 4 members (excludes halogenated alkanes) is 1. The minimum Gasteiger partial charge on any atom is -0.297 e. The van der Waals surface area contributed by atoms with Crippen molar-refractivity contribution in [3.63, 3.8) is 0 Å². The van der Waals surface area contributed by atoms with Gasteiger partial charge in [0.15, 0.2) is 5.82 Å². The second-order valence-corrected chi connectivity index (χ2v) is 6.36. The zero-order chi connectivity index (χ0) is 15.9. The summed E-state index contributed by atoms with van der Waals surface area (Å²) >= 11 is 0. The van der Waals surface area contributed by atoms with Gasteiger partial charge in [0.25, 0.3) is 0 Å². The Bertz CT molecular complexity index is 447. The Hall–Kier alpha value is -1.27. The number of tetrazole rings is 1. The molecule has 2 heterocycles. The summed E-state index contributed by atoms with van der Waals surface area (Å²) < 4.78 is 1.98. The standard InChI is InChI=1S/C16H30N6/c1-5-7-8-15(16-17-18-19-22(16)14(3)4)21-12-10-20(9-6-2)11-13-21/h6,14-15H,2,5,7-13H2,1,3-4H3. The van der Waals surface area contributed by atoms with Crippen LogP contribution in [0.4, 0.5) is 0 Å². The van der Waals surface area contributed by atoms with E-state index in [1.165, 1.54) is 12.8 Å². The van der Waals surface area contributed by atoms with Gasteiger partial charge in [0, 0.05) is 32.7 Å². The summed E-state index contributed by atoms with van der Waals surface area (Å²) in [6, 6.07) is 0.638. The molecule has 1 unspecified atom stereocenters. The summed E-state index contributed by atoms with van der Waals surface area (Å²) in [5, 5.41) is 12.5.